The molecule has 3 aromatic rings. The molecule has 0 bridgehead atoms. The fourth-order valence-electron chi connectivity index (χ4n) is 1.91. The number of fused-ring (bicyclic) bond motifs is 1. The van der Waals surface area contributed by atoms with Crippen molar-refractivity contribution in [2.24, 2.45) is 0 Å². The molecule has 2 aromatic heterocycles. The lowest BCUT2D eigenvalue weighted by molar-refractivity contribution is 0.903. The maximum atomic E-state index is 4.00. The molecule has 3 nitrogen and oxygen atoms in total. The van der Waals surface area contributed by atoms with E-state index >= 15 is 0 Å². The number of hydrogen-bond acceptors (Lipinski definition) is 4. The Morgan fingerprint density at radius 2 is 1.94 bits per heavy atom. The van der Waals surface area contributed by atoms with E-state index in [2.05, 4.69) is 52.5 Å². The monoisotopic (exact) mass is 255 g/mol. The predicted molar refractivity (Wildman–Crippen MR) is 75.9 cm³/mol. The molecule has 0 aliphatic carbocycles. The normalized spacial score (nSPS) is 12.5. The van der Waals surface area contributed by atoms with E-state index in [1.807, 2.05) is 11.3 Å². The van der Waals surface area contributed by atoms with Crippen LogP contribution in [0.4, 0.5) is 5.69 Å². The average Bonchev–Trinajstić information content (AvgIpc) is 2.84. The van der Waals surface area contributed by atoms with Gasteiger partial charge in [-0.3, -0.25) is 0 Å². The van der Waals surface area contributed by atoms with E-state index in [0.717, 1.165) is 5.69 Å². The number of hydrogen-bond donors (Lipinski definition) is 1. The largest absolute Gasteiger partial charge is 0.375 e. The van der Waals surface area contributed by atoms with Gasteiger partial charge in [-0.2, -0.15) is 0 Å². The van der Waals surface area contributed by atoms with Gasteiger partial charge in [-0.1, -0.05) is 18.2 Å². The van der Waals surface area contributed by atoms with Crippen LogP contribution >= 0.6 is 11.3 Å². The van der Waals surface area contributed by atoms with E-state index in [1.54, 1.807) is 12.4 Å². The number of thiophene rings is 1. The summed E-state index contributed by atoms with van der Waals surface area (Å²) in [6.45, 7) is 2.15. The molecule has 0 aliphatic rings. The molecule has 0 amide bonds. The van der Waals surface area contributed by atoms with Crippen LogP contribution < -0.4 is 5.32 Å². The fourth-order valence-corrected chi connectivity index (χ4v) is 2.98. The Labute approximate surface area is 110 Å². The minimum atomic E-state index is 0.258. The van der Waals surface area contributed by atoms with Gasteiger partial charge < -0.3 is 5.32 Å². The molecular formula is C14H13N3S. The molecule has 0 spiro atoms. The smallest absolute Gasteiger partial charge is 0.115 e. The zero-order valence-corrected chi connectivity index (χ0v) is 10.8. The number of anilines is 1. The van der Waals surface area contributed by atoms with Crippen molar-refractivity contribution in [3.63, 3.8) is 0 Å². The Morgan fingerprint density at radius 1 is 1.17 bits per heavy atom. The summed E-state index contributed by atoms with van der Waals surface area (Å²) in [7, 11) is 0. The quantitative estimate of drug-likeness (QED) is 0.772. The molecule has 0 saturated carbocycles. The third kappa shape index (κ3) is 2.19. The number of nitrogens with one attached hydrogen (secondary N) is 1. The van der Waals surface area contributed by atoms with Crippen LogP contribution in [-0.2, 0) is 0 Å². The lowest BCUT2D eigenvalue weighted by Crippen LogP contribution is -2.05. The Kier molecular flexibility index (Phi) is 2.94. The van der Waals surface area contributed by atoms with Crippen molar-refractivity contribution in [1.82, 2.24) is 9.97 Å². The zero-order valence-electron chi connectivity index (χ0n) is 10.00. The van der Waals surface area contributed by atoms with Crippen LogP contribution in [0.5, 0.6) is 0 Å². The SMILES string of the molecule is CC(Nc1cncnc1)c1cc2ccccc2s1. The molecule has 3 rings (SSSR count). The molecule has 0 aliphatic heterocycles. The van der Waals surface area contributed by atoms with Gasteiger partial charge in [0.1, 0.15) is 6.33 Å². The average molecular weight is 255 g/mol. The van der Waals surface area contributed by atoms with E-state index in [1.165, 1.54) is 21.3 Å². The van der Waals surface area contributed by atoms with Gasteiger partial charge in [0.2, 0.25) is 0 Å². The van der Waals surface area contributed by atoms with Gasteiger partial charge in [0.15, 0.2) is 0 Å². The molecule has 4 heteroatoms. The first-order valence-electron chi connectivity index (χ1n) is 5.83. The predicted octanol–water partition coefficient (Wildman–Crippen LogP) is 3.86. The topological polar surface area (TPSA) is 37.8 Å². The second-order valence-electron chi connectivity index (χ2n) is 4.18. The van der Waals surface area contributed by atoms with Crippen molar-refractivity contribution in [2.45, 2.75) is 13.0 Å². The van der Waals surface area contributed by atoms with Crippen molar-refractivity contribution in [2.75, 3.05) is 5.32 Å². The summed E-state index contributed by atoms with van der Waals surface area (Å²) in [5.74, 6) is 0. The second kappa shape index (κ2) is 4.74. The van der Waals surface area contributed by atoms with E-state index in [0.29, 0.717) is 0 Å². The summed E-state index contributed by atoms with van der Waals surface area (Å²) in [4.78, 5) is 9.33. The summed E-state index contributed by atoms with van der Waals surface area (Å²) >= 11 is 1.82. The molecule has 1 aromatic carbocycles. The second-order valence-corrected chi connectivity index (χ2v) is 5.30. The van der Waals surface area contributed by atoms with Crippen LogP contribution in [0.1, 0.15) is 17.8 Å². The first-order valence-corrected chi connectivity index (χ1v) is 6.64. The lowest BCUT2D eigenvalue weighted by Gasteiger charge is -2.12. The molecule has 0 saturated heterocycles. The standard InChI is InChI=1S/C14H13N3S/c1-10(17-12-7-15-9-16-8-12)14-6-11-4-2-3-5-13(11)18-14/h2-10,17H,1H3. The maximum Gasteiger partial charge on any atom is 0.115 e. The third-order valence-electron chi connectivity index (χ3n) is 2.82. The Balaban J connectivity index is 1.86. The number of aromatic nitrogens is 2. The van der Waals surface area contributed by atoms with Crippen LogP contribution in [-0.4, -0.2) is 9.97 Å². The van der Waals surface area contributed by atoms with E-state index in [-0.39, 0.29) is 6.04 Å². The molecule has 2 heterocycles. The minimum absolute atomic E-state index is 0.258. The van der Waals surface area contributed by atoms with Gasteiger partial charge in [0, 0.05) is 9.58 Å². The van der Waals surface area contributed by atoms with Crippen LogP contribution in [0.15, 0.2) is 49.1 Å². The lowest BCUT2D eigenvalue weighted by atomic mass is 10.2. The highest BCUT2D eigenvalue weighted by Crippen LogP contribution is 2.31. The van der Waals surface area contributed by atoms with Crippen molar-refractivity contribution < 1.29 is 0 Å². The number of benzene rings is 1. The van der Waals surface area contributed by atoms with Crippen LogP contribution in [0.25, 0.3) is 10.1 Å². The summed E-state index contributed by atoms with van der Waals surface area (Å²) in [5, 5.41) is 4.71. The van der Waals surface area contributed by atoms with E-state index in [9.17, 15) is 0 Å². The van der Waals surface area contributed by atoms with Crippen molar-refractivity contribution in [3.05, 3.63) is 53.9 Å². The summed E-state index contributed by atoms with van der Waals surface area (Å²) in [5.41, 5.74) is 0.947. The summed E-state index contributed by atoms with van der Waals surface area (Å²) in [6, 6.07) is 10.9. The Morgan fingerprint density at radius 3 is 2.72 bits per heavy atom. The highest BCUT2D eigenvalue weighted by Gasteiger charge is 2.09. The fraction of sp³-hybridized carbons (Fsp3) is 0.143. The molecule has 18 heavy (non-hydrogen) atoms. The van der Waals surface area contributed by atoms with Crippen molar-refractivity contribution in [1.29, 1.82) is 0 Å². The van der Waals surface area contributed by atoms with E-state index in [4.69, 9.17) is 0 Å². The van der Waals surface area contributed by atoms with Crippen LogP contribution in [0.2, 0.25) is 0 Å². The van der Waals surface area contributed by atoms with Gasteiger partial charge in [-0.05, 0) is 24.4 Å². The molecule has 1 atom stereocenters. The first-order chi connectivity index (χ1) is 8.83. The minimum Gasteiger partial charge on any atom is -0.375 e. The van der Waals surface area contributed by atoms with Crippen molar-refractivity contribution >= 4 is 27.1 Å². The highest BCUT2D eigenvalue weighted by molar-refractivity contribution is 7.19. The van der Waals surface area contributed by atoms with Gasteiger partial charge in [-0.15, -0.1) is 11.3 Å². The third-order valence-corrected chi connectivity index (χ3v) is 4.11. The summed E-state index contributed by atoms with van der Waals surface area (Å²) in [6.07, 6.45) is 5.11. The maximum absolute atomic E-state index is 4.00. The summed E-state index contributed by atoms with van der Waals surface area (Å²) < 4.78 is 1.32. The molecule has 1 unspecified atom stereocenters. The van der Waals surface area contributed by atoms with Crippen molar-refractivity contribution in [3.8, 4) is 0 Å². The molecule has 90 valence electrons. The molecule has 1 N–H and O–H groups in total. The first kappa shape index (κ1) is 11.2. The van der Waals surface area contributed by atoms with Crippen LogP contribution in [0, 0.1) is 0 Å². The van der Waals surface area contributed by atoms with Gasteiger partial charge in [0.25, 0.3) is 0 Å². The number of rotatable bonds is 3. The molecule has 0 radical (unpaired) electrons. The van der Waals surface area contributed by atoms with E-state index < -0.39 is 0 Å². The van der Waals surface area contributed by atoms with Crippen LogP contribution in [0.3, 0.4) is 0 Å². The van der Waals surface area contributed by atoms with Gasteiger partial charge >= 0.3 is 0 Å². The van der Waals surface area contributed by atoms with Gasteiger partial charge in [-0.25, -0.2) is 9.97 Å². The zero-order chi connectivity index (χ0) is 12.4. The Bertz CT molecular complexity index is 615. The Hall–Kier alpha value is -1.94. The highest BCUT2D eigenvalue weighted by atomic mass is 32.1. The number of nitrogens with zero attached hydrogens (tertiary/aromatic N) is 2. The molecule has 0 fully saturated rings. The van der Waals surface area contributed by atoms with Gasteiger partial charge in [0.05, 0.1) is 24.1 Å². The molecular weight excluding hydrogens is 242 g/mol.